The predicted molar refractivity (Wildman–Crippen MR) is 59.4 cm³/mol. The molecule has 0 unspecified atom stereocenters. The number of fused-ring (bicyclic) bond motifs is 1. The topological polar surface area (TPSA) is 91.3 Å². The van der Waals surface area contributed by atoms with Gasteiger partial charge >= 0.3 is 0 Å². The third-order valence-corrected chi connectivity index (χ3v) is 2.26. The van der Waals surface area contributed by atoms with Crippen LogP contribution in [-0.2, 0) is 0 Å². The highest BCUT2D eigenvalue weighted by Crippen LogP contribution is 2.32. The highest BCUT2D eigenvalue weighted by molar-refractivity contribution is 5.96. The van der Waals surface area contributed by atoms with E-state index in [1.807, 2.05) is 0 Å². The number of aromatic nitrogens is 1. The predicted octanol–water partition coefficient (Wildman–Crippen LogP) is 1.73. The summed E-state index contributed by atoms with van der Waals surface area (Å²) >= 11 is 0. The highest BCUT2D eigenvalue weighted by atomic mass is 16.6. The molecule has 0 saturated carbocycles. The molecule has 2 rings (SSSR count). The molecule has 0 spiro atoms. The van der Waals surface area contributed by atoms with E-state index in [1.54, 1.807) is 12.1 Å². The van der Waals surface area contributed by atoms with Gasteiger partial charge in [-0.15, -0.1) is 0 Å². The maximum atomic E-state index is 10.9. The fourth-order valence-corrected chi connectivity index (χ4v) is 1.49. The minimum Gasteiger partial charge on any atom is -0.496 e. The maximum Gasteiger partial charge on any atom is 0.299 e. The van der Waals surface area contributed by atoms with E-state index in [2.05, 4.69) is 4.98 Å². The molecule has 0 atom stereocenters. The van der Waals surface area contributed by atoms with Gasteiger partial charge in [-0.2, -0.15) is 0 Å². The van der Waals surface area contributed by atoms with Crippen molar-refractivity contribution in [2.45, 2.75) is 0 Å². The van der Waals surface area contributed by atoms with Crippen LogP contribution in [0.15, 0.2) is 24.4 Å². The number of rotatable bonds is 2. The Balaban J connectivity index is 2.87. The van der Waals surface area contributed by atoms with Gasteiger partial charge in [0, 0.05) is 17.3 Å². The minimum atomic E-state index is -0.503. The van der Waals surface area contributed by atoms with E-state index in [9.17, 15) is 10.1 Å². The zero-order valence-corrected chi connectivity index (χ0v) is 8.51. The zero-order chi connectivity index (χ0) is 11.7. The third-order valence-electron chi connectivity index (χ3n) is 2.26. The monoisotopic (exact) mass is 219 g/mol. The van der Waals surface area contributed by atoms with Gasteiger partial charge in [0.1, 0.15) is 5.75 Å². The van der Waals surface area contributed by atoms with E-state index in [0.717, 1.165) is 0 Å². The van der Waals surface area contributed by atoms with Gasteiger partial charge in [-0.3, -0.25) is 10.1 Å². The summed E-state index contributed by atoms with van der Waals surface area (Å²) in [4.78, 5) is 14.3. The molecule has 0 radical (unpaired) electrons. The summed E-state index contributed by atoms with van der Waals surface area (Å²) in [5.41, 5.74) is 6.33. The second-order valence-corrected chi connectivity index (χ2v) is 3.20. The average Bonchev–Trinajstić information content (AvgIpc) is 2.28. The smallest absolute Gasteiger partial charge is 0.299 e. The number of nitrogen functional groups attached to an aromatic ring is 1. The van der Waals surface area contributed by atoms with Crippen molar-refractivity contribution in [1.29, 1.82) is 0 Å². The van der Waals surface area contributed by atoms with Crippen LogP contribution in [0.3, 0.4) is 0 Å². The van der Waals surface area contributed by atoms with Crippen molar-refractivity contribution < 1.29 is 9.66 Å². The average molecular weight is 219 g/mol. The van der Waals surface area contributed by atoms with Crippen molar-refractivity contribution in [2.24, 2.45) is 0 Å². The Morgan fingerprint density at radius 3 is 2.88 bits per heavy atom. The quantitative estimate of drug-likeness (QED) is 0.613. The van der Waals surface area contributed by atoms with Gasteiger partial charge in [0.25, 0.3) is 5.69 Å². The number of nitrogens with zero attached hydrogens (tertiary/aromatic N) is 2. The van der Waals surface area contributed by atoms with Gasteiger partial charge < -0.3 is 10.5 Å². The van der Waals surface area contributed by atoms with Crippen LogP contribution in [0.25, 0.3) is 10.9 Å². The molecule has 82 valence electrons. The molecule has 2 aromatic rings. The number of ether oxygens (including phenoxy) is 1. The number of anilines is 1. The molecule has 0 amide bonds. The number of methoxy groups -OCH3 is 1. The molecule has 0 fully saturated rings. The first-order valence-electron chi connectivity index (χ1n) is 4.50. The summed E-state index contributed by atoms with van der Waals surface area (Å²) in [6.45, 7) is 0. The third kappa shape index (κ3) is 1.50. The van der Waals surface area contributed by atoms with Crippen molar-refractivity contribution >= 4 is 22.3 Å². The molecule has 0 aliphatic rings. The van der Waals surface area contributed by atoms with Crippen molar-refractivity contribution in [3.05, 3.63) is 34.5 Å². The lowest BCUT2D eigenvalue weighted by atomic mass is 10.1. The molecule has 6 heteroatoms. The number of non-ortho nitro benzene ring substituents is 1. The number of hydrogen-bond acceptors (Lipinski definition) is 5. The van der Waals surface area contributed by atoms with Crippen LogP contribution in [0.2, 0.25) is 0 Å². The van der Waals surface area contributed by atoms with E-state index in [0.29, 0.717) is 16.8 Å². The van der Waals surface area contributed by atoms with Crippen molar-refractivity contribution in [3.8, 4) is 5.75 Å². The standard InChI is InChI=1S/C10H9N3O3/c1-16-6-4-7-8(11)2-3-12-10(7)9(5-6)13(14)15/h2-5H,1H3,(H2,11,12). The van der Waals surface area contributed by atoms with E-state index in [4.69, 9.17) is 10.5 Å². The summed E-state index contributed by atoms with van der Waals surface area (Å²) in [7, 11) is 1.44. The normalized spacial score (nSPS) is 10.3. The summed E-state index contributed by atoms with van der Waals surface area (Å²) < 4.78 is 4.98. The molecular weight excluding hydrogens is 210 g/mol. The van der Waals surface area contributed by atoms with Crippen LogP contribution in [0.4, 0.5) is 11.4 Å². The van der Waals surface area contributed by atoms with Crippen LogP contribution in [0.5, 0.6) is 5.75 Å². The first-order valence-corrected chi connectivity index (χ1v) is 4.50. The van der Waals surface area contributed by atoms with Gasteiger partial charge in [0.05, 0.1) is 18.1 Å². The second-order valence-electron chi connectivity index (χ2n) is 3.20. The second kappa shape index (κ2) is 3.65. The largest absolute Gasteiger partial charge is 0.496 e. The van der Waals surface area contributed by atoms with Gasteiger partial charge in [0.2, 0.25) is 0 Å². The number of nitro benzene ring substituents is 1. The fourth-order valence-electron chi connectivity index (χ4n) is 1.49. The number of pyridine rings is 1. The van der Waals surface area contributed by atoms with Crippen LogP contribution < -0.4 is 10.5 Å². The molecular formula is C10H9N3O3. The molecule has 1 heterocycles. The highest BCUT2D eigenvalue weighted by Gasteiger charge is 2.16. The van der Waals surface area contributed by atoms with Gasteiger partial charge in [-0.25, -0.2) is 4.98 Å². The first-order chi connectivity index (χ1) is 7.63. The van der Waals surface area contributed by atoms with Gasteiger partial charge in [0.15, 0.2) is 5.52 Å². The number of benzene rings is 1. The van der Waals surface area contributed by atoms with E-state index < -0.39 is 4.92 Å². The summed E-state index contributed by atoms with van der Waals surface area (Å²) in [6, 6.07) is 4.55. The molecule has 0 aliphatic heterocycles. The minimum absolute atomic E-state index is 0.110. The fraction of sp³-hybridized carbons (Fsp3) is 0.100. The molecule has 2 N–H and O–H groups in total. The Morgan fingerprint density at radius 1 is 1.50 bits per heavy atom. The van der Waals surface area contributed by atoms with Gasteiger partial charge in [-0.1, -0.05) is 0 Å². The van der Waals surface area contributed by atoms with E-state index in [-0.39, 0.29) is 11.2 Å². The molecule has 0 bridgehead atoms. The SMILES string of the molecule is COc1cc([N+](=O)[O-])c2nccc(N)c2c1. The van der Waals surface area contributed by atoms with Crippen molar-refractivity contribution in [1.82, 2.24) is 4.98 Å². The molecule has 1 aromatic carbocycles. The van der Waals surface area contributed by atoms with Crippen LogP contribution >= 0.6 is 0 Å². The summed E-state index contributed by atoms with van der Waals surface area (Å²) in [5, 5.41) is 11.4. The Labute approximate surface area is 90.8 Å². The molecule has 0 aliphatic carbocycles. The maximum absolute atomic E-state index is 10.9. The number of nitro groups is 1. The Kier molecular flexibility index (Phi) is 2.32. The van der Waals surface area contributed by atoms with Gasteiger partial charge in [-0.05, 0) is 12.1 Å². The van der Waals surface area contributed by atoms with Crippen LogP contribution in [-0.4, -0.2) is 17.0 Å². The Hall–Kier alpha value is -2.37. The van der Waals surface area contributed by atoms with Crippen molar-refractivity contribution in [3.63, 3.8) is 0 Å². The van der Waals surface area contributed by atoms with Crippen LogP contribution in [0.1, 0.15) is 0 Å². The molecule has 16 heavy (non-hydrogen) atoms. The lowest BCUT2D eigenvalue weighted by Gasteiger charge is -2.05. The molecule has 6 nitrogen and oxygen atoms in total. The number of hydrogen-bond donors (Lipinski definition) is 1. The summed E-state index contributed by atoms with van der Waals surface area (Å²) in [5.74, 6) is 0.388. The van der Waals surface area contributed by atoms with E-state index in [1.165, 1.54) is 19.4 Å². The Bertz CT molecular complexity index is 568. The zero-order valence-electron chi connectivity index (χ0n) is 8.51. The molecule has 1 aromatic heterocycles. The molecule has 0 saturated heterocycles. The Morgan fingerprint density at radius 2 is 2.25 bits per heavy atom. The number of nitrogens with two attached hydrogens (primary N) is 1. The first kappa shape index (κ1) is 10.2. The lowest BCUT2D eigenvalue weighted by Crippen LogP contribution is -1.96. The lowest BCUT2D eigenvalue weighted by molar-refractivity contribution is -0.383. The van der Waals surface area contributed by atoms with Crippen molar-refractivity contribution in [2.75, 3.05) is 12.8 Å². The van der Waals surface area contributed by atoms with E-state index >= 15 is 0 Å². The summed E-state index contributed by atoms with van der Waals surface area (Å²) in [6.07, 6.45) is 1.44. The van der Waals surface area contributed by atoms with Crippen LogP contribution in [0, 0.1) is 10.1 Å².